The van der Waals surface area contributed by atoms with Gasteiger partial charge in [-0.05, 0) is 32.0 Å². The molecule has 21 heavy (non-hydrogen) atoms. The van der Waals surface area contributed by atoms with E-state index in [0.29, 0.717) is 30.4 Å². The lowest BCUT2D eigenvalue weighted by molar-refractivity contribution is -0.0561. The van der Waals surface area contributed by atoms with Gasteiger partial charge in [0.2, 0.25) is 0 Å². The molecule has 1 fully saturated rings. The summed E-state index contributed by atoms with van der Waals surface area (Å²) in [6, 6.07) is 1.61. The molecule has 0 bridgehead atoms. The van der Waals surface area contributed by atoms with Gasteiger partial charge in [-0.3, -0.25) is 4.79 Å². The van der Waals surface area contributed by atoms with Gasteiger partial charge in [-0.15, -0.1) is 11.3 Å². The molecule has 1 aromatic rings. The predicted octanol–water partition coefficient (Wildman–Crippen LogP) is 0.796. The summed E-state index contributed by atoms with van der Waals surface area (Å²) in [7, 11) is 4.01. The second-order valence-corrected chi connectivity index (χ2v) is 6.28. The standard InChI is InChI=1S/C14H23N3O3S/c1-17(2)5-7-20-12-3-6-19-9-11(12)16-14(18)13-10(15)4-8-21-13/h4,8,11-12H,3,5-7,9,15H2,1-2H3,(H,16,18)/t11-,12+/m1/s1. The fourth-order valence-corrected chi connectivity index (χ4v) is 2.90. The van der Waals surface area contributed by atoms with Crippen LogP contribution in [-0.2, 0) is 9.47 Å². The number of nitrogens with zero attached hydrogens (tertiary/aromatic N) is 1. The van der Waals surface area contributed by atoms with Crippen molar-refractivity contribution in [1.29, 1.82) is 0 Å². The van der Waals surface area contributed by atoms with E-state index >= 15 is 0 Å². The van der Waals surface area contributed by atoms with Crippen molar-refractivity contribution in [2.75, 3.05) is 46.2 Å². The number of nitrogen functional groups attached to an aromatic ring is 1. The third-order valence-electron chi connectivity index (χ3n) is 3.38. The number of amides is 1. The lowest BCUT2D eigenvalue weighted by Crippen LogP contribution is -2.50. The Kier molecular flexibility index (Phi) is 5.98. The molecule has 0 spiro atoms. The van der Waals surface area contributed by atoms with Crippen LogP contribution < -0.4 is 11.1 Å². The maximum atomic E-state index is 12.2. The highest BCUT2D eigenvalue weighted by Crippen LogP contribution is 2.20. The van der Waals surface area contributed by atoms with E-state index in [9.17, 15) is 4.79 Å². The molecule has 1 aromatic heterocycles. The Morgan fingerprint density at radius 1 is 1.62 bits per heavy atom. The first-order valence-electron chi connectivity index (χ1n) is 7.06. The number of ether oxygens (including phenoxy) is 2. The van der Waals surface area contributed by atoms with Crippen LogP contribution in [0.4, 0.5) is 5.69 Å². The molecule has 118 valence electrons. The van der Waals surface area contributed by atoms with Crippen LogP contribution in [0.2, 0.25) is 0 Å². The molecule has 1 aliphatic heterocycles. The number of thiophene rings is 1. The normalized spacial score (nSPS) is 22.4. The highest BCUT2D eigenvalue weighted by molar-refractivity contribution is 7.12. The van der Waals surface area contributed by atoms with Crippen LogP contribution in [0.15, 0.2) is 11.4 Å². The fraction of sp³-hybridized carbons (Fsp3) is 0.643. The second-order valence-electron chi connectivity index (χ2n) is 5.36. The molecule has 3 N–H and O–H groups in total. The van der Waals surface area contributed by atoms with E-state index in [1.807, 2.05) is 19.5 Å². The van der Waals surface area contributed by atoms with Crippen molar-refractivity contribution in [3.8, 4) is 0 Å². The summed E-state index contributed by atoms with van der Waals surface area (Å²) in [6.45, 7) is 2.64. The molecule has 2 atom stereocenters. The van der Waals surface area contributed by atoms with E-state index in [0.717, 1.165) is 13.0 Å². The van der Waals surface area contributed by atoms with Crippen LogP contribution in [-0.4, -0.2) is 63.4 Å². The zero-order valence-corrected chi connectivity index (χ0v) is 13.3. The summed E-state index contributed by atoms with van der Waals surface area (Å²) >= 11 is 1.34. The average Bonchev–Trinajstić information content (AvgIpc) is 2.86. The van der Waals surface area contributed by atoms with Crippen LogP contribution in [0.3, 0.4) is 0 Å². The van der Waals surface area contributed by atoms with Crippen LogP contribution in [0, 0.1) is 0 Å². The Balaban J connectivity index is 1.89. The Morgan fingerprint density at radius 3 is 3.10 bits per heavy atom. The highest BCUT2D eigenvalue weighted by atomic mass is 32.1. The summed E-state index contributed by atoms with van der Waals surface area (Å²) in [5.41, 5.74) is 6.29. The third-order valence-corrected chi connectivity index (χ3v) is 4.31. The van der Waals surface area contributed by atoms with Gasteiger partial charge in [-0.1, -0.05) is 0 Å². The molecule has 2 rings (SSSR count). The quantitative estimate of drug-likeness (QED) is 0.812. The van der Waals surface area contributed by atoms with E-state index in [4.69, 9.17) is 15.2 Å². The molecule has 0 unspecified atom stereocenters. The largest absolute Gasteiger partial charge is 0.397 e. The number of nitrogens with two attached hydrogens (primary N) is 1. The van der Waals surface area contributed by atoms with E-state index in [2.05, 4.69) is 10.2 Å². The molecule has 1 aliphatic rings. The number of nitrogens with one attached hydrogen (secondary N) is 1. The molecule has 6 nitrogen and oxygen atoms in total. The zero-order chi connectivity index (χ0) is 15.2. The SMILES string of the molecule is CN(C)CCO[C@H]1CCOC[C@H]1NC(=O)c1sccc1N. The maximum Gasteiger partial charge on any atom is 0.263 e. The summed E-state index contributed by atoms with van der Waals surface area (Å²) < 4.78 is 11.3. The van der Waals surface area contributed by atoms with E-state index < -0.39 is 0 Å². The zero-order valence-electron chi connectivity index (χ0n) is 12.5. The van der Waals surface area contributed by atoms with Crippen LogP contribution in [0.5, 0.6) is 0 Å². The minimum atomic E-state index is -0.154. The molecule has 0 radical (unpaired) electrons. The fourth-order valence-electron chi connectivity index (χ4n) is 2.18. The van der Waals surface area contributed by atoms with Gasteiger partial charge in [0.15, 0.2) is 0 Å². The van der Waals surface area contributed by atoms with Crippen LogP contribution in [0.1, 0.15) is 16.1 Å². The summed E-state index contributed by atoms with van der Waals surface area (Å²) in [5, 5.41) is 4.79. The summed E-state index contributed by atoms with van der Waals surface area (Å²) in [4.78, 5) is 14.8. The first-order valence-corrected chi connectivity index (χ1v) is 7.94. The maximum absolute atomic E-state index is 12.2. The van der Waals surface area contributed by atoms with Gasteiger partial charge >= 0.3 is 0 Å². The average molecular weight is 313 g/mol. The molecule has 1 saturated heterocycles. The summed E-state index contributed by atoms with van der Waals surface area (Å²) in [5.74, 6) is -0.154. The van der Waals surface area contributed by atoms with Gasteiger partial charge in [0.25, 0.3) is 5.91 Å². The Bertz CT molecular complexity index is 464. The molecule has 2 heterocycles. The summed E-state index contributed by atoms with van der Waals surface area (Å²) in [6.07, 6.45) is 0.780. The van der Waals surface area contributed by atoms with E-state index in [1.54, 1.807) is 6.07 Å². The molecule has 7 heteroatoms. The number of anilines is 1. The first-order chi connectivity index (χ1) is 10.1. The monoisotopic (exact) mass is 313 g/mol. The molecule has 0 aromatic carbocycles. The second kappa shape index (κ2) is 7.74. The number of carbonyl (C=O) groups excluding carboxylic acids is 1. The van der Waals surface area contributed by atoms with Gasteiger partial charge < -0.3 is 25.4 Å². The van der Waals surface area contributed by atoms with Gasteiger partial charge in [0, 0.05) is 13.2 Å². The van der Waals surface area contributed by atoms with Crippen molar-refractivity contribution >= 4 is 22.9 Å². The predicted molar refractivity (Wildman–Crippen MR) is 83.7 cm³/mol. The smallest absolute Gasteiger partial charge is 0.263 e. The minimum Gasteiger partial charge on any atom is -0.397 e. The van der Waals surface area contributed by atoms with Crippen molar-refractivity contribution in [3.05, 3.63) is 16.3 Å². The molecule has 0 saturated carbocycles. The number of hydrogen-bond donors (Lipinski definition) is 2. The first kappa shape index (κ1) is 16.2. The topological polar surface area (TPSA) is 76.8 Å². The Labute approximate surface area is 129 Å². The van der Waals surface area contributed by atoms with Gasteiger partial charge in [-0.25, -0.2) is 0 Å². The molecule has 0 aliphatic carbocycles. The number of likely N-dealkylation sites (N-methyl/N-ethyl adjacent to an activating group) is 1. The molecular formula is C14H23N3O3S. The minimum absolute atomic E-state index is 0.0103. The number of hydrogen-bond acceptors (Lipinski definition) is 6. The lowest BCUT2D eigenvalue weighted by atomic mass is 10.1. The lowest BCUT2D eigenvalue weighted by Gasteiger charge is -2.32. The van der Waals surface area contributed by atoms with Crippen molar-refractivity contribution in [2.24, 2.45) is 0 Å². The van der Waals surface area contributed by atoms with Crippen molar-refractivity contribution in [2.45, 2.75) is 18.6 Å². The van der Waals surface area contributed by atoms with Gasteiger partial charge in [0.05, 0.1) is 31.0 Å². The van der Waals surface area contributed by atoms with Crippen LogP contribution >= 0.6 is 11.3 Å². The Morgan fingerprint density at radius 2 is 2.43 bits per heavy atom. The van der Waals surface area contributed by atoms with Gasteiger partial charge in [-0.2, -0.15) is 0 Å². The van der Waals surface area contributed by atoms with E-state index in [-0.39, 0.29) is 18.1 Å². The number of rotatable bonds is 6. The third kappa shape index (κ3) is 4.67. The van der Waals surface area contributed by atoms with Crippen molar-refractivity contribution in [1.82, 2.24) is 10.2 Å². The van der Waals surface area contributed by atoms with Crippen molar-refractivity contribution < 1.29 is 14.3 Å². The van der Waals surface area contributed by atoms with E-state index in [1.165, 1.54) is 11.3 Å². The van der Waals surface area contributed by atoms with Crippen molar-refractivity contribution in [3.63, 3.8) is 0 Å². The molecule has 1 amide bonds. The van der Waals surface area contributed by atoms with Gasteiger partial charge in [0.1, 0.15) is 4.88 Å². The van der Waals surface area contributed by atoms with Crippen LogP contribution in [0.25, 0.3) is 0 Å². The number of carbonyl (C=O) groups is 1. The highest BCUT2D eigenvalue weighted by Gasteiger charge is 2.28. The molecular weight excluding hydrogens is 290 g/mol. The Hall–Kier alpha value is -1.15.